The number of unbranched alkanes of at least 4 members (excludes halogenated alkanes) is 2. The minimum atomic E-state index is -0.188. The highest BCUT2D eigenvalue weighted by Gasteiger charge is 2.17. The summed E-state index contributed by atoms with van der Waals surface area (Å²) in [6, 6.07) is 6.84. The van der Waals surface area contributed by atoms with Gasteiger partial charge in [-0.1, -0.05) is 43.5 Å². The maximum Gasteiger partial charge on any atom is 0.327 e. The predicted molar refractivity (Wildman–Crippen MR) is 92.0 cm³/mol. The number of aryl methyl sites for hydroxylation is 1. The second kappa shape index (κ2) is 6.46. The molecule has 0 aliphatic rings. The summed E-state index contributed by atoms with van der Waals surface area (Å²) >= 11 is 6.36. The monoisotopic (exact) mass is 331 g/mol. The number of halogens is 1. The summed E-state index contributed by atoms with van der Waals surface area (Å²) in [6.07, 6.45) is 4.56. The Kier molecular flexibility index (Phi) is 4.39. The van der Waals surface area contributed by atoms with Gasteiger partial charge < -0.3 is 5.11 Å². The number of nitrogens with zero attached hydrogens (tertiary/aromatic N) is 2. The zero-order valence-corrected chi connectivity index (χ0v) is 13.6. The highest BCUT2D eigenvalue weighted by Crippen LogP contribution is 2.34. The minimum Gasteiger partial charge on any atom is -0.508 e. The Morgan fingerprint density at radius 1 is 1.35 bits per heavy atom. The molecule has 0 spiro atoms. The van der Waals surface area contributed by atoms with Crippen molar-refractivity contribution in [2.75, 3.05) is 0 Å². The first-order valence-electron chi connectivity index (χ1n) is 7.68. The lowest BCUT2D eigenvalue weighted by Gasteiger charge is -2.10. The molecule has 0 bridgehead atoms. The van der Waals surface area contributed by atoms with Gasteiger partial charge in [0.25, 0.3) is 0 Å². The molecule has 2 N–H and O–H groups in total. The first-order chi connectivity index (χ1) is 11.1. The lowest BCUT2D eigenvalue weighted by atomic mass is 10.1. The molecule has 0 saturated carbocycles. The molecule has 0 saturated heterocycles. The summed E-state index contributed by atoms with van der Waals surface area (Å²) in [5.74, 6) is 0.152. The molecule has 5 nitrogen and oxygen atoms in total. The van der Waals surface area contributed by atoms with Crippen molar-refractivity contribution in [1.29, 1.82) is 0 Å². The molecule has 120 valence electrons. The van der Waals surface area contributed by atoms with E-state index in [1.807, 2.05) is 6.07 Å². The average molecular weight is 332 g/mol. The number of aromatic nitrogens is 3. The van der Waals surface area contributed by atoms with E-state index < -0.39 is 0 Å². The Hall–Kier alpha value is -2.27. The number of fused-ring (bicyclic) bond motifs is 1. The Morgan fingerprint density at radius 3 is 2.91 bits per heavy atom. The van der Waals surface area contributed by atoms with Crippen LogP contribution in [0.25, 0.3) is 22.3 Å². The van der Waals surface area contributed by atoms with E-state index in [1.54, 1.807) is 22.8 Å². The van der Waals surface area contributed by atoms with Crippen molar-refractivity contribution < 1.29 is 5.11 Å². The molecule has 0 aliphatic carbocycles. The van der Waals surface area contributed by atoms with Crippen LogP contribution in [0.1, 0.15) is 26.2 Å². The summed E-state index contributed by atoms with van der Waals surface area (Å²) in [6.45, 7) is 2.73. The topological polar surface area (TPSA) is 70.9 Å². The van der Waals surface area contributed by atoms with Crippen molar-refractivity contribution in [2.24, 2.45) is 0 Å². The molecule has 0 aliphatic heterocycles. The molecule has 2 aromatic heterocycles. The molecule has 0 unspecified atom stereocenters. The molecule has 0 fully saturated rings. The normalized spacial score (nSPS) is 11.2. The van der Waals surface area contributed by atoms with Crippen LogP contribution in [0.4, 0.5) is 0 Å². The summed E-state index contributed by atoms with van der Waals surface area (Å²) in [5, 5.41) is 10.2. The van der Waals surface area contributed by atoms with Crippen molar-refractivity contribution in [2.45, 2.75) is 32.7 Å². The van der Waals surface area contributed by atoms with Crippen molar-refractivity contribution in [3.8, 4) is 16.9 Å². The van der Waals surface area contributed by atoms with E-state index in [1.165, 1.54) is 6.20 Å². The zero-order valence-electron chi connectivity index (χ0n) is 12.8. The van der Waals surface area contributed by atoms with E-state index in [-0.39, 0.29) is 11.4 Å². The molecule has 23 heavy (non-hydrogen) atoms. The third kappa shape index (κ3) is 2.97. The summed E-state index contributed by atoms with van der Waals surface area (Å²) in [7, 11) is 0. The number of aromatic amines is 1. The number of benzene rings is 1. The third-order valence-corrected chi connectivity index (χ3v) is 4.15. The maximum absolute atomic E-state index is 12.3. The number of imidazole rings is 1. The Morgan fingerprint density at radius 2 is 2.17 bits per heavy atom. The minimum absolute atomic E-state index is 0.152. The van der Waals surface area contributed by atoms with Crippen molar-refractivity contribution in [3.63, 3.8) is 0 Å². The van der Waals surface area contributed by atoms with Crippen LogP contribution in [0.15, 0.2) is 35.3 Å². The molecule has 3 rings (SSSR count). The third-order valence-electron chi connectivity index (χ3n) is 3.87. The van der Waals surface area contributed by atoms with E-state index in [0.29, 0.717) is 28.3 Å². The van der Waals surface area contributed by atoms with E-state index in [9.17, 15) is 9.90 Å². The highest BCUT2D eigenvalue weighted by atomic mass is 35.5. The molecule has 1 aromatic carbocycles. The van der Waals surface area contributed by atoms with Crippen LogP contribution in [0.3, 0.4) is 0 Å². The van der Waals surface area contributed by atoms with Gasteiger partial charge in [-0.3, -0.25) is 9.55 Å². The predicted octanol–water partition coefficient (Wildman–Crippen LogP) is 3.94. The number of rotatable bonds is 5. The van der Waals surface area contributed by atoms with Crippen LogP contribution in [-0.4, -0.2) is 19.6 Å². The number of phenols is 1. The Bertz CT molecular complexity index is 898. The van der Waals surface area contributed by atoms with Crippen molar-refractivity contribution >= 4 is 22.8 Å². The number of pyridine rings is 1. The lowest BCUT2D eigenvalue weighted by molar-refractivity contribution is 0.475. The van der Waals surface area contributed by atoms with Crippen LogP contribution in [-0.2, 0) is 6.54 Å². The Balaban J connectivity index is 2.23. The molecule has 0 amide bonds. The van der Waals surface area contributed by atoms with Crippen LogP contribution in [0.2, 0.25) is 5.02 Å². The molecule has 0 atom stereocenters. The van der Waals surface area contributed by atoms with Gasteiger partial charge in [0, 0.05) is 18.3 Å². The van der Waals surface area contributed by atoms with E-state index in [4.69, 9.17) is 11.6 Å². The number of hydrogen-bond donors (Lipinski definition) is 2. The summed E-state index contributed by atoms with van der Waals surface area (Å²) in [4.78, 5) is 19.3. The Labute approximate surface area is 138 Å². The number of phenolic OH excluding ortho intramolecular Hbond substituents is 1. The van der Waals surface area contributed by atoms with Gasteiger partial charge in [-0.05, 0) is 24.1 Å². The summed E-state index contributed by atoms with van der Waals surface area (Å²) in [5.41, 5.74) is 2.47. The fraction of sp³-hybridized carbons (Fsp3) is 0.294. The van der Waals surface area contributed by atoms with Gasteiger partial charge in [-0.25, -0.2) is 9.78 Å². The number of aromatic hydroxyl groups is 1. The molecule has 3 aromatic rings. The van der Waals surface area contributed by atoms with Crippen LogP contribution in [0, 0.1) is 0 Å². The van der Waals surface area contributed by atoms with Crippen molar-refractivity contribution in [3.05, 3.63) is 46.0 Å². The largest absolute Gasteiger partial charge is 0.508 e. The van der Waals surface area contributed by atoms with Gasteiger partial charge in [-0.2, -0.15) is 0 Å². The zero-order chi connectivity index (χ0) is 16.4. The van der Waals surface area contributed by atoms with Gasteiger partial charge in [0.2, 0.25) is 0 Å². The maximum atomic E-state index is 12.3. The van der Waals surface area contributed by atoms with Gasteiger partial charge in [0.1, 0.15) is 5.75 Å². The van der Waals surface area contributed by atoms with Crippen molar-refractivity contribution in [1.82, 2.24) is 14.5 Å². The fourth-order valence-electron chi connectivity index (χ4n) is 2.77. The van der Waals surface area contributed by atoms with E-state index >= 15 is 0 Å². The lowest BCUT2D eigenvalue weighted by Crippen LogP contribution is -2.17. The first-order valence-corrected chi connectivity index (χ1v) is 8.06. The second-order valence-corrected chi connectivity index (χ2v) is 5.92. The smallest absolute Gasteiger partial charge is 0.327 e. The first kappa shape index (κ1) is 15.6. The molecular weight excluding hydrogens is 314 g/mol. The van der Waals surface area contributed by atoms with Gasteiger partial charge in [-0.15, -0.1) is 0 Å². The number of H-pyrrole nitrogens is 1. The fourth-order valence-corrected chi connectivity index (χ4v) is 3.02. The molecule has 6 heteroatoms. The van der Waals surface area contributed by atoms with Gasteiger partial charge >= 0.3 is 5.69 Å². The standard InChI is InChI=1S/C17H18ClN3O2/c1-2-3-4-8-21-15-14(11-6-5-7-12(22)9-11)13(18)10-19-16(15)20-17(21)23/h5-7,9-10,22H,2-4,8H2,1H3,(H,19,20,23). The van der Waals surface area contributed by atoms with Gasteiger partial charge in [0.15, 0.2) is 5.65 Å². The number of nitrogens with one attached hydrogen (secondary N) is 1. The van der Waals surface area contributed by atoms with Crippen LogP contribution < -0.4 is 5.69 Å². The molecular formula is C17H18ClN3O2. The van der Waals surface area contributed by atoms with Crippen LogP contribution in [0.5, 0.6) is 5.75 Å². The average Bonchev–Trinajstić information content (AvgIpc) is 2.84. The molecule has 2 heterocycles. The van der Waals surface area contributed by atoms with E-state index in [0.717, 1.165) is 24.8 Å². The highest BCUT2D eigenvalue weighted by molar-refractivity contribution is 6.34. The van der Waals surface area contributed by atoms with E-state index in [2.05, 4.69) is 16.9 Å². The SMILES string of the molecule is CCCCCn1c(=O)[nH]c2ncc(Cl)c(-c3cccc(O)c3)c21. The number of hydrogen-bond acceptors (Lipinski definition) is 3. The second-order valence-electron chi connectivity index (χ2n) is 5.52. The van der Waals surface area contributed by atoms with Gasteiger partial charge in [0.05, 0.1) is 10.5 Å². The molecule has 0 radical (unpaired) electrons. The quantitative estimate of drug-likeness (QED) is 0.696. The van der Waals surface area contributed by atoms with Crippen LogP contribution >= 0.6 is 11.6 Å². The summed E-state index contributed by atoms with van der Waals surface area (Å²) < 4.78 is 1.68.